The van der Waals surface area contributed by atoms with E-state index in [0.29, 0.717) is 0 Å². The number of benzene rings is 1. The Morgan fingerprint density at radius 3 is 2.62 bits per heavy atom. The Hall–Kier alpha value is -0.380. The van der Waals surface area contributed by atoms with Crippen LogP contribution in [0.4, 0.5) is 0 Å². The minimum Gasteiger partial charge on any atom is -0.396 e. The van der Waals surface area contributed by atoms with Crippen molar-refractivity contribution in [3.8, 4) is 0 Å². The fourth-order valence-corrected chi connectivity index (χ4v) is 2.04. The summed E-state index contributed by atoms with van der Waals surface area (Å²) in [5, 5.41) is 12.4. The number of aliphatic hydroxyl groups excluding tert-OH is 1. The van der Waals surface area contributed by atoms with Crippen molar-refractivity contribution in [2.24, 2.45) is 0 Å². The molecular formula is C13H20BrNO. The molecule has 0 aliphatic rings. The van der Waals surface area contributed by atoms with Gasteiger partial charge in [0.2, 0.25) is 0 Å². The maximum Gasteiger partial charge on any atom is 0.0448 e. The summed E-state index contributed by atoms with van der Waals surface area (Å²) < 4.78 is 1.11. The summed E-state index contributed by atoms with van der Waals surface area (Å²) in [6, 6.07) is 6.31. The molecule has 0 saturated carbocycles. The molecule has 0 aliphatic heterocycles. The maximum absolute atomic E-state index is 8.94. The van der Waals surface area contributed by atoms with Crippen LogP contribution in [-0.4, -0.2) is 17.3 Å². The predicted octanol–water partition coefficient (Wildman–Crippen LogP) is 3.01. The lowest BCUT2D eigenvalue weighted by atomic mass is 10.00. The highest BCUT2D eigenvalue weighted by Gasteiger charge is 2.15. The van der Waals surface area contributed by atoms with Gasteiger partial charge in [0.05, 0.1) is 0 Å². The third kappa shape index (κ3) is 4.24. The number of halogens is 1. The highest BCUT2D eigenvalue weighted by molar-refractivity contribution is 9.10. The molecule has 0 unspecified atom stereocenters. The molecule has 0 aliphatic carbocycles. The van der Waals surface area contributed by atoms with Crippen molar-refractivity contribution in [1.29, 1.82) is 0 Å². The van der Waals surface area contributed by atoms with Gasteiger partial charge in [-0.2, -0.15) is 0 Å². The topological polar surface area (TPSA) is 32.3 Å². The molecule has 0 heterocycles. The Morgan fingerprint density at radius 1 is 1.38 bits per heavy atom. The van der Waals surface area contributed by atoms with E-state index in [-0.39, 0.29) is 12.1 Å². The number of hydrogen-bond acceptors (Lipinski definition) is 2. The van der Waals surface area contributed by atoms with E-state index < -0.39 is 0 Å². The van der Waals surface area contributed by atoms with E-state index in [9.17, 15) is 0 Å². The van der Waals surface area contributed by atoms with E-state index in [1.807, 2.05) is 0 Å². The molecule has 1 aromatic carbocycles. The lowest BCUT2D eigenvalue weighted by Gasteiger charge is -2.26. The molecule has 0 bridgehead atoms. The van der Waals surface area contributed by atoms with Gasteiger partial charge in [0.15, 0.2) is 0 Å². The van der Waals surface area contributed by atoms with E-state index in [1.54, 1.807) is 0 Å². The van der Waals surface area contributed by atoms with Crippen LogP contribution in [0.5, 0.6) is 0 Å². The normalized spacial score (nSPS) is 11.8. The first kappa shape index (κ1) is 13.7. The van der Waals surface area contributed by atoms with Crippen LogP contribution in [0.3, 0.4) is 0 Å². The fraction of sp³-hybridized carbons (Fsp3) is 0.538. The molecule has 1 aromatic rings. The Morgan fingerprint density at radius 2 is 2.06 bits per heavy atom. The Balaban J connectivity index is 2.61. The summed E-state index contributed by atoms with van der Waals surface area (Å²) in [5.41, 5.74) is 2.56. The van der Waals surface area contributed by atoms with E-state index in [0.717, 1.165) is 17.4 Å². The van der Waals surface area contributed by atoms with Gasteiger partial charge >= 0.3 is 0 Å². The Bertz CT molecular complexity index is 350. The van der Waals surface area contributed by atoms with Crippen LogP contribution in [0.1, 0.15) is 31.4 Å². The largest absolute Gasteiger partial charge is 0.396 e. The molecule has 0 atom stereocenters. The lowest BCUT2D eigenvalue weighted by Crippen LogP contribution is -2.39. The third-order valence-corrected chi connectivity index (χ3v) is 3.29. The van der Waals surface area contributed by atoms with Crippen LogP contribution in [0.25, 0.3) is 0 Å². The van der Waals surface area contributed by atoms with Crippen molar-refractivity contribution in [2.45, 2.75) is 39.3 Å². The zero-order chi connectivity index (χ0) is 12.2. The zero-order valence-corrected chi connectivity index (χ0v) is 11.8. The second-order valence-corrected chi connectivity index (χ2v) is 5.70. The predicted molar refractivity (Wildman–Crippen MR) is 71.5 cm³/mol. The first-order valence-corrected chi connectivity index (χ1v) is 6.35. The van der Waals surface area contributed by atoms with Crippen LogP contribution >= 0.6 is 15.9 Å². The first-order chi connectivity index (χ1) is 7.44. The number of hydrogen-bond donors (Lipinski definition) is 2. The second-order valence-electron chi connectivity index (χ2n) is 4.78. The minimum atomic E-state index is -0.0196. The van der Waals surface area contributed by atoms with Gasteiger partial charge in [-0.25, -0.2) is 0 Å². The minimum absolute atomic E-state index is 0.0196. The lowest BCUT2D eigenvalue weighted by molar-refractivity contribution is 0.230. The molecule has 3 heteroatoms. The molecule has 2 nitrogen and oxygen atoms in total. The summed E-state index contributed by atoms with van der Waals surface area (Å²) in [6.07, 6.45) is 0.766. The molecule has 0 saturated heterocycles. The number of rotatable bonds is 5. The van der Waals surface area contributed by atoms with Gasteiger partial charge in [-0.3, -0.25) is 0 Å². The van der Waals surface area contributed by atoms with E-state index in [2.05, 4.69) is 60.2 Å². The van der Waals surface area contributed by atoms with Crippen molar-refractivity contribution in [1.82, 2.24) is 5.32 Å². The number of aryl methyl sites for hydroxylation is 1. The molecule has 1 rings (SSSR count). The van der Waals surface area contributed by atoms with E-state index in [4.69, 9.17) is 5.11 Å². The number of aliphatic hydroxyl groups is 1. The van der Waals surface area contributed by atoms with Gasteiger partial charge in [0, 0.05) is 23.2 Å². The smallest absolute Gasteiger partial charge is 0.0448 e. The van der Waals surface area contributed by atoms with Crippen molar-refractivity contribution < 1.29 is 5.11 Å². The summed E-state index contributed by atoms with van der Waals surface area (Å²) >= 11 is 3.46. The fourth-order valence-electron chi connectivity index (χ4n) is 1.56. The van der Waals surface area contributed by atoms with Gasteiger partial charge in [0.1, 0.15) is 0 Å². The Labute approximate surface area is 106 Å². The molecule has 0 spiro atoms. The van der Waals surface area contributed by atoms with Gasteiger partial charge < -0.3 is 10.4 Å². The summed E-state index contributed by atoms with van der Waals surface area (Å²) in [6.45, 7) is 7.39. The van der Waals surface area contributed by atoms with Gasteiger partial charge in [0.25, 0.3) is 0 Å². The number of nitrogens with one attached hydrogen (secondary N) is 1. The first-order valence-electron chi connectivity index (χ1n) is 5.55. The van der Waals surface area contributed by atoms with Crippen LogP contribution in [-0.2, 0) is 6.54 Å². The molecule has 0 fully saturated rings. The van der Waals surface area contributed by atoms with E-state index in [1.165, 1.54) is 11.1 Å². The van der Waals surface area contributed by atoms with Crippen LogP contribution < -0.4 is 5.32 Å². The zero-order valence-electron chi connectivity index (χ0n) is 10.2. The summed E-state index contributed by atoms with van der Waals surface area (Å²) in [4.78, 5) is 0. The summed E-state index contributed by atoms with van der Waals surface area (Å²) in [5.74, 6) is 0. The SMILES string of the molecule is Cc1cc(Br)ccc1CNC(C)(C)CCO. The highest BCUT2D eigenvalue weighted by atomic mass is 79.9. The summed E-state index contributed by atoms with van der Waals surface area (Å²) in [7, 11) is 0. The average Bonchev–Trinajstić information content (AvgIpc) is 2.16. The molecule has 0 aromatic heterocycles. The standard InChI is InChI=1S/C13H20BrNO/c1-10-8-12(14)5-4-11(10)9-15-13(2,3)6-7-16/h4-5,8,15-16H,6-7,9H2,1-3H3. The molecular weight excluding hydrogens is 266 g/mol. The molecule has 90 valence electrons. The van der Waals surface area contributed by atoms with Crippen molar-refractivity contribution in [3.63, 3.8) is 0 Å². The third-order valence-electron chi connectivity index (χ3n) is 2.80. The Kier molecular flexibility index (Phi) is 4.96. The highest BCUT2D eigenvalue weighted by Crippen LogP contribution is 2.17. The van der Waals surface area contributed by atoms with E-state index >= 15 is 0 Å². The van der Waals surface area contributed by atoms with Crippen LogP contribution in [0, 0.1) is 6.92 Å². The average molecular weight is 286 g/mol. The van der Waals surface area contributed by atoms with Crippen molar-refractivity contribution in [2.75, 3.05) is 6.61 Å². The van der Waals surface area contributed by atoms with Crippen LogP contribution in [0.2, 0.25) is 0 Å². The maximum atomic E-state index is 8.94. The molecule has 16 heavy (non-hydrogen) atoms. The monoisotopic (exact) mass is 285 g/mol. The van der Waals surface area contributed by atoms with Gasteiger partial charge in [-0.15, -0.1) is 0 Å². The van der Waals surface area contributed by atoms with Crippen molar-refractivity contribution in [3.05, 3.63) is 33.8 Å². The van der Waals surface area contributed by atoms with Gasteiger partial charge in [-0.05, 0) is 50.5 Å². The second kappa shape index (κ2) is 5.80. The molecule has 0 radical (unpaired) electrons. The van der Waals surface area contributed by atoms with Crippen LogP contribution in [0.15, 0.2) is 22.7 Å². The molecule has 0 amide bonds. The quantitative estimate of drug-likeness (QED) is 0.872. The molecule has 2 N–H and O–H groups in total. The van der Waals surface area contributed by atoms with Crippen molar-refractivity contribution >= 4 is 15.9 Å². The van der Waals surface area contributed by atoms with Gasteiger partial charge in [-0.1, -0.05) is 22.0 Å².